The predicted molar refractivity (Wildman–Crippen MR) is 101 cm³/mol. The predicted octanol–water partition coefficient (Wildman–Crippen LogP) is -0.524. The molecule has 28 heavy (non-hydrogen) atoms. The van der Waals surface area contributed by atoms with Gasteiger partial charge in [0.15, 0.2) is 0 Å². The summed E-state index contributed by atoms with van der Waals surface area (Å²) in [5, 5.41) is 16.8. The first-order valence-electron chi connectivity index (χ1n) is 9.15. The third-order valence-electron chi connectivity index (χ3n) is 5.12. The standard InChI is InChI=1S/C19H22N4O5/c1-2-12(9-11-7-8-20-17(11)26)22-18(27)15-6-4-13-3-5-14(19(28)23(13)15)21-10-16(24)25/h1,3,5,11-12,15,21H,4,6-10H2,(H,20,26)(H,22,27)(H,24,25). The van der Waals surface area contributed by atoms with Gasteiger partial charge in [0.05, 0.1) is 6.04 Å². The van der Waals surface area contributed by atoms with E-state index in [0.717, 1.165) is 0 Å². The second-order valence-corrected chi connectivity index (χ2v) is 6.96. The van der Waals surface area contributed by atoms with Gasteiger partial charge in [0.2, 0.25) is 11.8 Å². The van der Waals surface area contributed by atoms with Gasteiger partial charge in [-0.15, -0.1) is 6.42 Å². The molecule has 0 aromatic carbocycles. The fourth-order valence-electron chi connectivity index (χ4n) is 3.70. The molecule has 2 aliphatic heterocycles. The quantitative estimate of drug-likeness (QED) is 0.467. The van der Waals surface area contributed by atoms with Crippen LogP contribution in [0.25, 0.3) is 0 Å². The van der Waals surface area contributed by atoms with Crippen LogP contribution in [0.1, 0.15) is 31.0 Å². The highest BCUT2D eigenvalue weighted by Crippen LogP contribution is 2.25. The largest absolute Gasteiger partial charge is 0.480 e. The molecule has 3 heterocycles. The van der Waals surface area contributed by atoms with Gasteiger partial charge in [-0.1, -0.05) is 5.92 Å². The molecular formula is C19H22N4O5. The van der Waals surface area contributed by atoms with E-state index in [2.05, 4.69) is 21.9 Å². The van der Waals surface area contributed by atoms with Gasteiger partial charge in [-0.25, -0.2) is 0 Å². The lowest BCUT2D eigenvalue weighted by Crippen LogP contribution is -2.42. The van der Waals surface area contributed by atoms with Crippen LogP contribution in [-0.2, 0) is 20.8 Å². The van der Waals surface area contributed by atoms with E-state index in [0.29, 0.717) is 37.9 Å². The molecule has 3 rings (SSSR count). The molecule has 0 spiro atoms. The van der Waals surface area contributed by atoms with Gasteiger partial charge < -0.3 is 21.1 Å². The molecular weight excluding hydrogens is 364 g/mol. The van der Waals surface area contributed by atoms with Crippen molar-refractivity contribution in [2.45, 2.75) is 37.8 Å². The number of rotatable bonds is 7. The van der Waals surface area contributed by atoms with E-state index in [9.17, 15) is 19.2 Å². The number of amides is 2. The SMILES string of the molecule is C#CC(CC1CCNC1=O)NC(=O)C1CCc2ccc(NCC(=O)O)c(=O)n21. The molecule has 0 bridgehead atoms. The Morgan fingerprint density at radius 2 is 2.14 bits per heavy atom. The smallest absolute Gasteiger partial charge is 0.322 e. The zero-order chi connectivity index (χ0) is 20.3. The van der Waals surface area contributed by atoms with Crippen LogP contribution in [0.4, 0.5) is 5.69 Å². The lowest BCUT2D eigenvalue weighted by Gasteiger charge is -2.20. The number of hydrogen-bond donors (Lipinski definition) is 4. The van der Waals surface area contributed by atoms with Crippen LogP contribution in [0.5, 0.6) is 0 Å². The molecule has 4 N–H and O–H groups in total. The molecule has 3 atom stereocenters. The van der Waals surface area contributed by atoms with Gasteiger partial charge in [-0.2, -0.15) is 0 Å². The highest BCUT2D eigenvalue weighted by molar-refractivity contribution is 5.83. The van der Waals surface area contributed by atoms with E-state index in [-0.39, 0.29) is 23.4 Å². The Morgan fingerprint density at radius 3 is 2.79 bits per heavy atom. The fourth-order valence-corrected chi connectivity index (χ4v) is 3.70. The Labute approximate surface area is 161 Å². The number of carboxylic acid groups (broad SMARTS) is 1. The maximum absolute atomic E-state index is 12.8. The van der Waals surface area contributed by atoms with E-state index in [1.807, 2.05) is 0 Å². The van der Waals surface area contributed by atoms with E-state index in [1.165, 1.54) is 10.6 Å². The zero-order valence-electron chi connectivity index (χ0n) is 15.2. The molecule has 1 fully saturated rings. The van der Waals surface area contributed by atoms with Gasteiger partial charge in [0, 0.05) is 18.2 Å². The normalized spacial score (nSPS) is 21.3. The summed E-state index contributed by atoms with van der Waals surface area (Å²) in [6.07, 6.45) is 7.56. The van der Waals surface area contributed by atoms with E-state index in [1.54, 1.807) is 6.07 Å². The molecule has 1 aromatic heterocycles. The number of carbonyl (C=O) groups excluding carboxylic acids is 2. The summed E-state index contributed by atoms with van der Waals surface area (Å²) >= 11 is 0. The molecule has 0 saturated carbocycles. The van der Waals surface area contributed by atoms with Crippen LogP contribution in [0.3, 0.4) is 0 Å². The van der Waals surface area contributed by atoms with Gasteiger partial charge >= 0.3 is 5.97 Å². The first kappa shape index (κ1) is 19.5. The monoisotopic (exact) mass is 386 g/mol. The van der Waals surface area contributed by atoms with Crippen molar-refractivity contribution in [2.75, 3.05) is 18.4 Å². The molecule has 2 aliphatic rings. The summed E-state index contributed by atoms with van der Waals surface area (Å²) < 4.78 is 1.38. The Balaban J connectivity index is 1.73. The maximum Gasteiger partial charge on any atom is 0.322 e. The van der Waals surface area contributed by atoms with Crippen LogP contribution in [0.2, 0.25) is 0 Å². The number of aryl methyl sites for hydroxylation is 1. The Bertz CT molecular complexity index is 901. The summed E-state index contributed by atoms with van der Waals surface area (Å²) in [6, 6.07) is 1.91. The van der Waals surface area contributed by atoms with Crippen molar-refractivity contribution in [1.29, 1.82) is 0 Å². The first-order chi connectivity index (χ1) is 13.4. The third-order valence-corrected chi connectivity index (χ3v) is 5.12. The number of aliphatic carboxylic acids is 1. The zero-order valence-corrected chi connectivity index (χ0v) is 15.2. The van der Waals surface area contributed by atoms with E-state index in [4.69, 9.17) is 11.5 Å². The minimum Gasteiger partial charge on any atom is -0.480 e. The molecule has 3 unspecified atom stereocenters. The topological polar surface area (TPSA) is 130 Å². The van der Waals surface area contributed by atoms with Crippen molar-refractivity contribution >= 4 is 23.5 Å². The third kappa shape index (κ3) is 4.01. The van der Waals surface area contributed by atoms with Crippen molar-refractivity contribution < 1.29 is 19.5 Å². The molecule has 9 nitrogen and oxygen atoms in total. The molecule has 0 aliphatic carbocycles. The van der Waals surface area contributed by atoms with Crippen LogP contribution >= 0.6 is 0 Å². The van der Waals surface area contributed by atoms with Crippen molar-refractivity contribution in [3.63, 3.8) is 0 Å². The van der Waals surface area contributed by atoms with Gasteiger partial charge in [0.1, 0.15) is 18.3 Å². The minimum absolute atomic E-state index is 0.0638. The molecule has 2 amide bonds. The summed E-state index contributed by atoms with van der Waals surface area (Å²) in [4.78, 5) is 47.9. The van der Waals surface area contributed by atoms with Crippen LogP contribution < -0.4 is 21.5 Å². The highest BCUT2D eigenvalue weighted by Gasteiger charge is 2.32. The number of carbonyl (C=O) groups is 3. The fraction of sp³-hybridized carbons (Fsp3) is 0.474. The van der Waals surface area contributed by atoms with Gasteiger partial charge in [-0.3, -0.25) is 23.7 Å². The average Bonchev–Trinajstić information content (AvgIpc) is 3.27. The maximum atomic E-state index is 12.8. The number of hydrogen-bond acceptors (Lipinski definition) is 5. The lowest BCUT2D eigenvalue weighted by atomic mass is 9.98. The number of nitrogens with one attached hydrogen (secondary N) is 3. The minimum atomic E-state index is -1.09. The van der Waals surface area contributed by atoms with Crippen LogP contribution in [0, 0.1) is 18.3 Å². The van der Waals surface area contributed by atoms with Gasteiger partial charge in [-0.05, 0) is 37.8 Å². The van der Waals surface area contributed by atoms with Crippen molar-refractivity contribution in [1.82, 2.24) is 15.2 Å². The molecule has 1 saturated heterocycles. The summed E-state index contributed by atoms with van der Waals surface area (Å²) in [6.45, 7) is 0.209. The van der Waals surface area contributed by atoms with E-state index >= 15 is 0 Å². The lowest BCUT2D eigenvalue weighted by molar-refractivity contribution is -0.135. The van der Waals surface area contributed by atoms with E-state index < -0.39 is 30.2 Å². The Kier molecular flexibility index (Phi) is 5.68. The Hall–Kier alpha value is -3.28. The average molecular weight is 386 g/mol. The number of terminal acetylenes is 1. The van der Waals surface area contributed by atoms with Crippen molar-refractivity contribution in [2.24, 2.45) is 5.92 Å². The number of pyridine rings is 1. The van der Waals surface area contributed by atoms with Crippen molar-refractivity contribution in [3.05, 3.63) is 28.2 Å². The summed E-state index contributed by atoms with van der Waals surface area (Å²) in [5.41, 5.74) is 0.393. The molecule has 9 heteroatoms. The number of carboxylic acids is 1. The number of fused-ring (bicyclic) bond motifs is 1. The van der Waals surface area contributed by atoms with Crippen LogP contribution in [-0.4, -0.2) is 46.6 Å². The molecule has 148 valence electrons. The summed E-state index contributed by atoms with van der Waals surface area (Å²) in [7, 11) is 0. The number of aromatic nitrogens is 1. The second-order valence-electron chi connectivity index (χ2n) is 6.96. The highest BCUT2D eigenvalue weighted by atomic mass is 16.4. The van der Waals surface area contributed by atoms with Crippen molar-refractivity contribution in [3.8, 4) is 12.3 Å². The number of anilines is 1. The summed E-state index contributed by atoms with van der Waals surface area (Å²) in [5.74, 6) is 0.748. The van der Waals surface area contributed by atoms with Gasteiger partial charge in [0.25, 0.3) is 5.56 Å². The molecule has 1 aromatic rings. The van der Waals surface area contributed by atoms with Crippen LogP contribution in [0.15, 0.2) is 16.9 Å². The second kappa shape index (κ2) is 8.17. The number of nitrogens with zero attached hydrogens (tertiary/aromatic N) is 1. The molecule has 0 radical (unpaired) electrons. The first-order valence-corrected chi connectivity index (χ1v) is 9.15. The Morgan fingerprint density at radius 1 is 1.36 bits per heavy atom.